The second-order valence-corrected chi connectivity index (χ2v) is 7.55. The molecular formula is C18H34N2O. The van der Waals surface area contributed by atoms with Gasteiger partial charge in [0.05, 0.1) is 5.60 Å². The number of nitrogens with zero attached hydrogens (tertiary/aromatic N) is 1. The first kappa shape index (κ1) is 15.8. The average Bonchev–Trinajstić information content (AvgIpc) is 2.54. The van der Waals surface area contributed by atoms with Crippen LogP contribution in [0.25, 0.3) is 0 Å². The molecule has 21 heavy (non-hydrogen) atoms. The Morgan fingerprint density at radius 1 is 1.14 bits per heavy atom. The maximum absolute atomic E-state index is 6.28. The molecule has 0 aromatic rings. The Kier molecular flexibility index (Phi) is 5.58. The number of hydrogen-bond acceptors (Lipinski definition) is 3. The Morgan fingerprint density at radius 3 is 2.81 bits per heavy atom. The monoisotopic (exact) mass is 294 g/mol. The number of piperidine rings is 1. The molecule has 1 saturated carbocycles. The molecule has 122 valence electrons. The highest BCUT2D eigenvalue weighted by Crippen LogP contribution is 2.40. The third kappa shape index (κ3) is 4.00. The standard InChI is InChI=1S/C18H34N2O/c1-2-19-14-16-7-6-11-20(15-16)17-8-12-21-18(13-17)9-4-3-5-10-18/h16-17,19H,2-15H2,1H3. The molecular weight excluding hydrogens is 260 g/mol. The average molecular weight is 294 g/mol. The molecule has 3 fully saturated rings. The van der Waals surface area contributed by atoms with Gasteiger partial charge in [-0.15, -0.1) is 0 Å². The summed E-state index contributed by atoms with van der Waals surface area (Å²) in [6, 6.07) is 0.793. The Balaban J connectivity index is 1.55. The summed E-state index contributed by atoms with van der Waals surface area (Å²) in [7, 11) is 0. The summed E-state index contributed by atoms with van der Waals surface area (Å²) >= 11 is 0. The van der Waals surface area contributed by atoms with Crippen LogP contribution in [-0.2, 0) is 4.74 Å². The maximum Gasteiger partial charge on any atom is 0.0697 e. The minimum atomic E-state index is 0.260. The third-order valence-corrected chi connectivity index (χ3v) is 5.98. The molecule has 3 nitrogen and oxygen atoms in total. The minimum Gasteiger partial charge on any atom is -0.375 e. The van der Waals surface area contributed by atoms with Crippen molar-refractivity contribution in [3.63, 3.8) is 0 Å². The van der Waals surface area contributed by atoms with Gasteiger partial charge in [0.15, 0.2) is 0 Å². The maximum atomic E-state index is 6.28. The topological polar surface area (TPSA) is 24.5 Å². The second kappa shape index (κ2) is 7.43. The molecule has 2 atom stereocenters. The third-order valence-electron chi connectivity index (χ3n) is 5.98. The number of ether oxygens (including phenoxy) is 1. The fourth-order valence-electron chi connectivity index (χ4n) is 4.80. The lowest BCUT2D eigenvalue weighted by atomic mass is 9.77. The number of nitrogens with one attached hydrogen (secondary N) is 1. The summed E-state index contributed by atoms with van der Waals surface area (Å²) in [5.74, 6) is 0.865. The summed E-state index contributed by atoms with van der Waals surface area (Å²) in [5, 5.41) is 3.55. The van der Waals surface area contributed by atoms with Gasteiger partial charge in [0.2, 0.25) is 0 Å². The lowest BCUT2D eigenvalue weighted by Gasteiger charge is -2.48. The zero-order valence-corrected chi connectivity index (χ0v) is 13.9. The highest BCUT2D eigenvalue weighted by molar-refractivity contribution is 4.94. The largest absolute Gasteiger partial charge is 0.375 e. The van der Waals surface area contributed by atoms with Crippen LogP contribution < -0.4 is 5.32 Å². The summed E-state index contributed by atoms with van der Waals surface area (Å²) in [6.07, 6.45) is 12.2. The number of rotatable bonds is 4. The van der Waals surface area contributed by atoms with Gasteiger partial charge in [-0.2, -0.15) is 0 Å². The number of hydrogen-bond donors (Lipinski definition) is 1. The van der Waals surface area contributed by atoms with Crippen molar-refractivity contribution in [3.8, 4) is 0 Å². The van der Waals surface area contributed by atoms with Gasteiger partial charge in [-0.1, -0.05) is 26.2 Å². The molecule has 2 heterocycles. The molecule has 0 radical (unpaired) electrons. The Hall–Kier alpha value is -0.120. The predicted octanol–water partition coefficient (Wildman–Crippen LogP) is 3.19. The van der Waals surface area contributed by atoms with Crippen molar-refractivity contribution in [2.45, 2.75) is 76.4 Å². The van der Waals surface area contributed by atoms with E-state index in [1.165, 1.54) is 77.4 Å². The molecule has 2 saturated heterocycles. The molecule has 0 aromatic carbocycles. The SMILES string of the molecule is CCNCC1CCCN(C2CCOC3(CCCCC3)C2)C1. The molecule has 2 unspecified atom stereocenters. The van der Waals surface area contributed by atoms with Gasteiger partial charge in [0.25, 0.3) is 0 Å². The van der Waals surface area contributed by atoms with Gasteiger partial charge in [-0.25, -0.2) is 0 Å². The van der Waals surface area contributed by atoms with E-state index in [2.05, 4.69) is 17.1 Å². The van der Waals surface area contributed by atoms with Gasteiger partial charge >= 0.3 is 0 Å². The summed E-state index contributed by atoms with van der Waals surface area (Å²) < 4.78 is 6.28. The molecule has 0 amide bonds. The van der Waals surface area contributed by atoms with Gasteiger partial charge in [0, 0.05) is 19.2 Å². The fourth-order valence-corrected chi connectivity index (χ4v) is 4.80. The molecule has 0 bridgehead atoms. The van der Waals surface area contributed by atoms with E-state index in [1.54, 1.807) is 0 Å². The van der Waals surface area contributed by atoms with E-state index in [0.717, 1.165) is 25.1 Å². The summed E-state index contributed by atoms with van der Waals surface area (Å²) in [4.78, 5) is 2.81. The summed E-state index contributed by atoms with van der Waals surface area (Å²) in [5.41, 5.74) is 0.260. The minimum absolute atomic E-state index is 0.260. The van der Waals surface area contributed by atoms with Crippen LogP contribution in [0.5, 0.6) is 0 Å². The van der Waals surface area contributed by atoms with Crippen LogP contribution in [0.3, 0.4) is 0 Å². The van der Waals surface area contributed by atoms with E-state index in [-0.39, 0.29) is 5.60 Å². The van der Waals surface area contributed by atoms with Crippen LogP contribution in [-0.4, -0.2) is 49.3 Å². The predicted molar refractivity (Wildman–Crippen MR) is 87.6 cm³/mol. The smallest absolute Gasteiger partial charge is 0.0697 e. The number of likely N-dealkylation sites (tertiary alicyclic amines) is 1. The highest BCUT2D eigenvalue weighted by atomic mass is 16.5. The Morgan fingerprint density at radius 2 is 2.00 bits per heavy atom. The Labute approximate surface area is 130 Å². The Bertz CT molecular complexity index is 309. The zero-order chi connectivity index (χ0) is 14.5. The molecule has 0 aromatic heterocycles. The molecule has 1 spiro atoms. The van der Waals surface area contributed by atoms with Crippen molar-refractivity contribution in [3.05, 3.63) is 0 Å². The van der Waals surface area contributed by atoms with Gasteiger partial charge in [-0.3, -0.25) is 4.90 Å². The molecule has 1 N–H and O–H groups in total. The van der Waals surface area contributed by atoms with Crippen LogP contribution >= 0.6 is 0 Å². The molecule has 3 rings (SSSR count). The molecule has 2 aliphatic heterocycles. The quantitative estimate of drug-likeness (QED) is 0.862. The van der Waals surface area contributed by atoms with Crippen LogP contribution in [0.2, 0.25) is 0 Å². The van der Waals surface area contributed by atoms with Crippen molar-refractivity contribution in [1.29, 1.82) is 0 Å². The molecule has 3 aliphatic rings. The second-order valence-electron chi connectivity index (χ2n) is 7.55. The van der Waals surface area contributed by atoms with Crippen molar-refractivity contribution in [1.82, 2.24) is 10.2 Å². The van der Waals surface area contributed by atoms with Crippen molar-refractivity contribution < 1.29 is 4.74 Å². The van der Waals surface area contributed by atoms with Crippen LogP contribution in [0.1, 0.15) is 64.7 Å². The van der Waals surface area contributed by atoms with E-state index in [9.17, 15) is 0 Å². The molecule has 1 aliphatic carbocycles. The van der Waals surface area contributed by atoms with Crippen LogP contribution in [0, 0.1) is 5.92 Å². The summed E-state index contributed by atoms with van der Waals surface area (Å²) in [6.45, 7) is 8.17. The normalized spacial score (nSPS) is 34.1. The first-order valence-corrected chi connectivity index (χ1v) is 9.40. The highest BCUT2D eigenvalue weighted by Gasteiger charge is 2.40. The van der Waals surface area contributed by atoms with Crippen molar-refractivity contribution in [2.24, 2.45) is 5.92 Å². The van der Waals surface area contributed by atoms with E-state index in [1.807, 2.05) is 0 Å². The lowest BCUT2D eigenvalue weighted by molar-refractivity contribution is -0.127. The first-order valence-electron chi connectivity index (χ1n) is 9.40. The van der Waals surface area contributed by atoms with E-state index in [4.69, 9.17) is 4.74 Å². The molecule has 3 heteroatoms. The van der Waals surface area contributed by atoms with Crippen molar-refractivity contribution >= 4 is 0 Å². The zero-order valence-electron chi connectivity index (χ0n) is 13.9. The van der Waals surface area contributed by atoms with Gasteiger partial charge in [0.1, 0.15) is 0 Å². The lowest BCUT2D eigenvalue weighted by Crippen LogP contribution is -2.52. The van der Waals surface area contributed by atoms with E-state index >= 15 is 0 Å². The fraction of sp³-hybridized carbons (Fsp3) is 1.00. The van der Waals surface area contributed by atoms with Gasteiger partial charge in [-0.05, 0) is 64.1 Å². The van der Waals surface area contributed by atoms with Crippen molar-refractivity contribution in [2.75, 3.05) is 32.8 Å². The van der Waals surface area contributed by atoms with Crippen LogP contribution in [0.4, 0.5) is 0 Å². The van der Waals surface area contributed by atoms with Crippen LogP contribution in [0.15, 0.2) is 0 Å². The van der Waals surface area contributed by atoms with E-state index in [0.29, 0.717) is 0 Å². The first-order chi connectivity index (χ1) is 10.3. The van der Waals surface area contributed by atoms with E-state index < -0.39 is 0 Å². The van der Waals surface area contributed by atoms with Gasteiger partial charge < -0.3 is 10.1 Å².